The lowest BCUT2D eigenvalue weighted by atomic mass is 10.0. The summed E-state index contributed by atoms with van der Waals surface area (Å²) in [4.78, 5) is 11.9. The van der Waals surface area contributed by atoms with E-state index in [-0.39, 0.29) is 23.5 Å². The molecule has 0 fully saturated rings. The van der Waals surface area contributed by atoms with Gasteiger partial charge in [0.2, 0.25) is 0 Å². The van der Waals surface area contributed by atoms with Crippen LogP contribution < -0.4 is 0 Å². The van der Waals surface area contributed by atoms with Crippen molar-refractivity contribution in [2.45, 2.75) is 6.42 Å². The fraction of sp³-hybridized carbons (Fsp3) is 0.0714. The van der Waals surface area contributed by atoms with E-state index in [0.717, 1.165) is 12.1 Å². The fourth-order valence-electron chi connectivity index (χ4n) is 1.67. The van der Waals surface area contributed by atoms with Gasteiger partial charge in [-0.1, -0.05) is 12.1 Å². The van der Waals surface area contributed by atoms with Gasteiger partial charge in [0.1, 0.15) is 5.75 Å². The van der Waals surface area contributed by atoms with Crippen LogP contribution in [0.1, 0.15) is 15.9 Å². The van der Waals surface area contributed by atoms with Gasteiger partial charge in [-0.2, -0.15) is 0 Å². The second-order valence-electron chi connectivity index (χ2n) is 4.13. The van der Waals surface area contributed by atoms with Crippen molar-refractivity contribution >= 4 is 5.78 Å². The number of carbonyl (C=O) groups is 1. The lowest BCUT2D eigenvalue weighted by Gasteiger charge is -2.05. The Morgan fingerprint density at radius 3 is 1.95 bits per heavy atom. The maximum absolute atomic E-state index is 11.9. The predicted molar refractivity (Wildman–Crippen MR) is 67.6 cm³/mol. The first-order chi connectivity index (χ1) is 8.97. The Bertz CT molecular complexity index is 593. The Balaban J connectivity index is 2.23. The van der Waals surface area contributed by atoms with E-state index in [0.29, 0.717) is 5.56 Å². The zero-order valence-electron chi connectivity index (χ0n) is 9.87. The molecule has 0 bridgehead atoms. The molecule has 2 rings (SSSR count). The first kappa shape index (κ1) is 12.8. The normalized spacial score (nSPS) is 10.3. The molecule has 0 amide bonds. The first-order valence-corrected chi connectivity index (χ1v) is 5.53. The quantitative estimate of drug-likeness (QED) is 0.499. The van der Waals surface area contributed by atoms with Crippen molar-refractivity contribution in [1.82, 2.24) is 0 Å². The fourth-order valence-corrected chi connectivity index (χ4v) is 1.67. The third-order valence-electron chi connectivity index (χ3n) is 2.69. The second kappa shape index (κ2) is 4.89. The lowest BCUT2D eigenvalue weighted by molar-refractivity contribution is 0.0992. The Labute approximate surface area is 109 Å². The van der Waals surface area contributed by atoms with E-state index in [2.05, 4.69) is 0 Å². The largest absolute Gasteiger partial charge is 0.508 e. The molecule has 5 nitrogen and oxygen atoms in total. The number of aromatic hydroxyl groups is 4. The molecule has 0 aliphatic rings. The maximum atomic E-state index is 11.9. The summed E-state index contributed by atoms with van der Waals surface area (Å²) in [5, 5.41) is 37.0. The molecule has 2 aromatic rings. The molecule has 19 heavy (non-hydrogen) atoms. The van der Waals surface area contributed by atoms with E-state index in [1.807, 2.05) is 0 Å². The molecule has 5 heteroatoms. The van der Waals surface area contributed by atoms with Gasteiger partial charge in [-0.15, -0.1) is 0 Å². The number of rotatable bonds is 3. The van der Waals surface area contributed by atoms with E-state index in [1.165, 1.54) is 12.1 Å². The smallest absolute Gasteiger partial charge is 0.200 e. The maximum Gasteiger partial charge on any atom is 0.200 e. The molecule has 4 N–H and O–H groups in total. The zero-order chi connectivity index (χ0) is 14.0. The number of hydrogen-bond acceptors (Lipinski definition) is 5. The summed E-state index contributed by atoms with van der Waals surface area (Å²) in [6.07, 6.45) is 0.0595. The van der Waals surface area contributed by atoms with Gasteiger partial charge in [-0.3, -0.25) is 4.79 Å². The standard InChI is InChI=1S/C14H12O5/c15-10-3-1-8(2-4-10)5-11(16)9-6-12(17)14(19)13(18)7-9/h1-4,6-7,15,17-19H,5H2. The van der Waals surface area contributed by atoms with Crippen LogP contribution in [0, 0.1) is 0 Å². The molecule has 0 aliphatic carbocycles. The summed E-state index contributed by atoms with van der Waals surface area (Å²) in [6.45, 7) is 0. The summed E-state index contributed by atoms with van der Waals surface area (Å²) in [5.41, 5.74) is 0.788. The average molecular weight is 260 g/mol. The van der Waals surface area contributed by atoms with Crippen molar-refractivity contribution in [2.24, 2.45) is 0 Å². The number of ketones is 1. The average Bonchev–Trinajstić information content (AvgIpc) is 2.38. The third-order valence-corrected chi connectivity index (χ3v) is 2.69. The van der Waals surface area contributed by atoms with Crippen LogP contribution in [0.15, 0.2) is 36.4 Å². The highest BCUT2D eigenvalue weighted by Gasteiger charge is 2.13. The number of phenols is 4. The lowest BCUT2D eigenvalue weighted by Crippen LogP contribution is -2.03. The highest BCUT2D eigenvalue weighted by molar-refractivity contribution is 5.98. The van der Waals surface area contributed by atoms with Gasteiger partial charge in [0.15, 0.2) is 23.0 Å². The summed E-state index contributed by atoms with van der Waals surface area (Å²) in [7, 11) is 0. The summed E-state index contributed by atoms with van der Waals surface area (Å²) in [6, 6.07) is 8.33. The van der Waals surface area contributed by atoms with Gasteiger partial charge in [0.25, 0.3) is 0 Å². The van der Waals surface area contributed by atoms with E-state index in [9.17, 15) is 20.1 Å². The highest BCUT2D eigenvalue weighted by Crippen LogP contribution is 2.35. The Hall–Kier alpha value is -2.69. The van der Waals surface area contributed by atoms with Gasteiger partial charge < -0.3 is 20.4 Å². The van der Waals surface area contributed by atoms with Crippen LogP contribution in [0.2, 0.25) is 0 Å². The minimum Gasteiger partial charge on any atom is -0.508 e. The van der Waals surface area contributed by atoms with E-state index >= 15 is 0 Å². The summed E-state index contributed by atoms with van der Waals surface area (Å²) in [5.74, 6) is -1.96. The summed E-state index contributed by atoms with van der Waals surface area (Å²) >= 11 is 0. The highest BCUT2D eigenvalue weighted by atomic mass is 16.3. The van der Waals surface area contributed by atoms with Crippen LogP contribution in [0.4, 0.5) is 0 Å². The van der Waals surface area contributed by atoms with Crippen molar-refractivity contribution in [2.75, 3.05) is 0 Å². The molecule has 0 radical (unpaired) electrons. The third kappa shape index (κ3) is 2.77. The van der Waals surface area contributed by atoms with Crippen LogP contribution in [0.25, 0.3) is 0 Å². The Morgan fingerprint density at radius 2 is 1.42 bits per heavy atom. The van der Waals surface area contributed by atoms with Crippen LogP contribution >= 0.6 is 0 Å². The molecule has 0 aliphatic heterocycles. The van der Waals surface area contributed by atoms with E-state index in [1.54, 1.807) is 12.1 Å². The molecule has 0 spiro atoms. The zero-order valence-corrected chi connectivity index (χ0v) is 9.87. The number of benzene rings is 2. The number of Topliss-reactive ketones (excluding diaryl/α,β-unsaturated/α-hetero) is 1. The topological polar surface area (TPSA) is 98.0 Å². The van der Waals surface area contributed by atoms with Crippen LogP contribution in [0.3, 0.4) is 0 Å². The predicted octanol–water partition coefficient (Wildman–Crippen LogP) is 1.93. The van der Waals surface area contributed by atoms with Crippen molar-refractivity contribution in [3.63, 3.8) is 0 Å². The van der Waals surface area contributed by atoms with Crippen LogP contribution in [0.5, 0.6) is 23.0 Å². The minimum absolute atomic E-state index is 0.0595. The first-order valence-electron chi connectivity index (χ1n) is 5.53. The molecule has 98 valence electrons. The molecule has 0 aromatic heterocycles. The molecule has 0 saturated heterocycles. The molecular formula is C14H12O5. The van der Waals surface area contributed by atoms with Gasteiger partial charge in [-0.25, -0.2) is 0 Å². The van der Waals surface area contributed by atoms with Crippen molar-refractivity contribution < 1.29 is 25.2 Å². The van der Waals surface area contributed by atoms with Crippen LogP contribution in [-0.2, 0) is 6.42 Å². The van der Waals surface area contributed by atoms with E-state index in [4.69, 9.17) is 5.11 Å². The number of hydrogen-bond donors (Lipinski definition) is 4. The minimum atomic E-state index is -0.652. The molecule has 2 aromatic carbocycles. The molecule has 0 saturated carbocycles. The van der Waals surface area contributed by atoms with Crippen molar-refractivity contribution in [3.05, 3.63) is 47.5 Å². The summed E-state index contributed by atoms with van der Waals surface area (Å²) < 4.78 is 0. The van der Waals surface area contributed by atoms with Crippen LogP contribution in [-0.4, -0.2) is 26.2 Å². The monoisotopic (exact) mass is 260 g/mol. The number of phenolic OH excluding ortho intramolecular Hbond substituents is 4. The Kier molecular flexibility index (Phi) is 3.29. The van der Waals surface area contributed by atoms with Gasteiger partial charge >= 0.3 is 0 Å². The van der Waals surface area contributed by atoms with Crippen molar-refractivity contribution in [1.29, 1.82) is 0 Å². The number of carbonyl (C=O) groups excluding carboxylic acids is 1. The molecule has 0 unspecified atom stereocenters. The molecule has 0 heterocycles. The van der Waals surface area contributed by atoms with E-state index < -0.39 is 17.2 Å². The second-order valence-corrected chi connectivity index (χ2v) is 4.13. The SMILES string of the molecule is O=C(Cc1ccc(O)cc1)c1cc(O)c(O)c(O)c1. The molecular weight excluding hydrogens is 248 g/mol. The molecule has 0 atom stereocenters. The van der Waals surface area contributed by atoms with Gasteiger partial charge in [0, 0.05) is 12.0 Å². The van der Waals surface area contributed by atoms with Crippen molar-refractivity contribution in [3.8, 4) is 23.0 Å². The van der Waals surface area contributed by atoms with Gasteiger partial charge in [0.05, 0.1) is 0 Å². The van der Waals surface area contributed by atoms with Gasteiger partial charge in [-0.05, 0) is 29.8 Å². The Morgan fingerprint density at radius 1 is 0.895 bits per heavy atom.